The van der Waals surface area contributed by atoms with Gasteiger partial charge in [-0.1, -0.05) is 0 Å². The van der Waals surface area contributed by atoms with Gasteiger partial charge in [-0.05, 0) is 0 Å². The topological polar surface area (TPSA) is 227 Å². The van der Waals surface area contributed by atoms with Gasteiger partial charge in [-0.25, -0.2) is 0 Å². The molecule has 2 aliphatic heterocycles. The predicted molar refractivity (Wildman–Crippen MR) is 79.7 cm³/mol. The molecular weight excluding hydrogens is 376 g/mol. The van der Waals surface area contributed by atoms with Gasteiger partial charge in [0.05, 0.1) is 13.2 Å². The van der Waals surface area contributed by atoms with Gasteiger partial charge in [-0.3, -0.25) is 4.79 Å². The van der Waals surface area contributed by atoms with Gasteiger partial charge in [-0.15, -0.1) is 0 Å². The average Bonchev–Trinajstić information content (AvgIpc) is 2.67. The van der Waals surface area contributed by atoms with Crippen LogP contribution in [-0.2, 0) is 19.0 Å². The number of Topliss-reactive ketones (excluding diaryl/α,β-unsaturated/α-hetero) is 1. The van der Waals surface area contributed by atoms with E-state index in [2.05, 4.69) is 0 Å². The number of hydrogen-bond donors (Lipinski definition) is 9. The zero-order chi connectivity index (χ0) is 20.5. The molecule has 0 amide bonds. The molecule has 0 aromatic heterocycles. The predicted octanol–water partition coefficient (Wildman–Crippen LogP) is -6.47. The van der Waals surface area contributed by atoms with Crippen LogP contribution in [0.2, 0.25) is 0 Å². The van der Waals surface area contributed by atoms with Crippen molar-refractivity contribution >= 4 is 5.78 Å². The SMILES string of the molecule is O=C(CO)[C@@]1(OC2O[C@H](CO)[C@H](O)[C@H](O)[C@H]2O)O[C@H](CO)[C@H](O)[C@H](O)[C@H]1O. The Morgan fingerprint density at radius 2 is 1.37 bits per heavy atom. The first-order valence-corrected chi connectivity index (χ1v) is 8.10. The summed E-state index contributed by atoms with van der Waals surface area (Å²) in [5.74, 6) is -4.24. The van der Waals surface area contributed by atoms with E-state index in [4.69, 9.17) is 14.2 Å². The lowest BCUT2D eigenvalue weighted by molar-refractivity contribution is -0.406. The minimum Gasteiger partial charge on any atom is -0.394 e. The van der Waals surface area contributed by atoms with Crippen LogP contribution in [0.5, 0.6) is 0 Å². The summed E-state index contributed by atoms with van der Waals surface area (Å²) in [7, 11) is 0. The van der Waals surface area contributed by atoms with Crippen molar-refractivity contribution in [2.75, 3.05) is 19.8 Å². The van der Waals surface area contributed by atoms with Crippen molar-refractivity contribution in [1.82, 2.24) is 0 Å². The minimum atomic E-state index is -2.89. The van der Waals surface area contributed by atoms with E-state index in [1.54, 1.807) is 0 Å². The molecule has 2 fully saturated rings. The molecule has 13 nitrogen and oxygen atoms in total. The van der Waals surface area contributed by atoms with E-state index >= 15 is 0 Å². The summed E-state index contributed by atoms with van der Waals surface area (Å²) in [6.45, 7) is -2.99. The molecule has 0 aromatic carbocycles. The third-order valence-corrected chi connectivity index (χ3v) is 4.62. The molecule has 2 saturated heterocycles. The Labute approximate surface area is 152 Å². The summed E-state index contributed by atoms with van der Waals surface area (Å²) in [5, 5.41) is 87.3. The summed E-state index contributed by atoms with van der Waals surface area (Å²) < 4.78 is 15.4. The van der Waals surface area contributed by atoms with Crippen LogP contribution in [0.3, 0.4) is 0 Å². The Balaban J connectivity index is 2.37. The quantitative estimate of drug-likeness (QED) is 0.202. The average molecular weight is 400 g/mol. The van der Waals surface area contributed by atoms with Crippen molar-refractivity contribution < 1.29 is 65.0 Å². The molecule has 158 valence electrons. The molecule has 2 heterocycles. The molecule has 27 heavy (non-hydrogen) atoms. The maximum atomic E-state index is 12.3. The van der Waals surface area contributed by atoms with Crippen LogP contribution < -0.4 is 0 Å². The number of rotatable bonds is 6. The summed E-state index contributed by atoms with van der Waals surface area (Å²) in [4.78, 5) is 12.3. The number of carbonyl (C=O) groups is 1. The number of hydrogen-bond acceptors (Lipinski definition) is 13. The van der Waals surface area contributed by atoms with Crippen LogP contribution in [0.15, 0.2) is 0 Å². The van der Waals surface area contributed by atoms with Crippen molar-refractivity contribution in [3.63, 3.8) is 0 Å². The van der Waals surface area contributed by atoms with Crippen molar-refractivity contribution in [2.24, 2.45) is 0 Å². The van der Waals surface area contributed by atoms with E-state index in [0.717, 1.165) is 0 Å². The summed E-state index contributed by atoms with van der Waals surface area (Å²) in [6.07, 6.45) is -16.8. The standard InChI is InChI=1S/C14H24O13/c15-1-4-7(19)9(21)11(23)13(25-4)27-14(6(18)3-17)12(24)10(22)8(20)5(2-16)26-14/h4-5,7-13,15-17,19-24H,1-3H2/t4-,5-,7+,8+,9+,10+,11-,12-,13?,14+/m1/s1. The number of carbonyl (C=O) groups excluding carboxylic acids is 1. The summed E-state index contributed by atoms with van der Waals surface area (Å²) in [5.41, 5.74) is 0. The van der Waals surface area contributed by atoms with E-state index in [0.29, 0.717) is 0 Å². The second-order valence-electron chi connectivity index (χ2n) is 6.33. The van der Waals surface area contributed by atoms with E-state index in [1.165, 1.54) is 0 Å². The van der Waals surface area contributed by atoms with E-state index in [9.17, 15) is 50.8 Å². The Kier molecular flexibility index (Phi) is 7.23. The zero-order valence-corrected chi connectivity index (χ0v) is 14.0. The first kappa shape index (κ1) is 22.5. The molecule has 1 unspecified atom stereocenters. The normalized spacial score (nSPS) is 48.4. The van der Waals surface area contributed by atoms with Crippen LogP contribution in [0.4, 0.5) is 0 Å². The van der Waals surface area contributed by atoms with Crippen LogP contribution in [-0.4, -0.2) is 132 Å². The fraction of sp³-hybridized carbons (Fsp3) is 0.929. The molecule has 0 aliphatic carbocycles. The van der Waals surface area contributed by atoms with Crippen LogP contribution in [0.1, 0.15) is 0 Å². The van der Waals surface area contributed by atoms with Crippen LogP contribution in [0.25, 0.3) is 0 Å². The summed E-state index contributed by atoms with van der Waals surface area (Å²) >= 11 is 0. The first-order valence-electron chi connectivity index (χ1n) is 8.10. The minimum absolute atomic E-state index is 0.810. The lowest BCUT2D eigenvalue weighted by Gasteiger charge is -2.49. The van der Waals surface area contributed by atoms with Gasteiger partial charge in [0, 0.05) is 0 Å². The first-order chi connectivity index (χ1) is 12.6. The molecule has 9 N–H and O–H groups in total. The van der Waals surface area contributed by atoms with Crippen LogP contribution >= 0.6 is 0 Å². The van der Waals surface area contributed by atoms with Crippen molar-refractivity contribution in [3.05, 3.63) is 0 Å². The molecule has 2 aliphatic rings. The van der Waals surface area contributed by atoms with Gasteiger partial charge in [0.25, 0.3) is 5.79 Å². The molecule has 0 radical (unpaired) electrons. The number of ketones is 1. The number of ether oxygens (including phenoxy) is 3. The highest BCUT2D eigenvalue weighted by Gasteiger charge is 2.61. The van der Waals surface area contributed by atoms with Gasteiger partial charge in [0.2, 0.25) is 5.78 Å². The molecule has 10 atom stereocenters. The smallest absolute Gasteiger partial charge is 0.263 e. The fourth-order valence-corrected chi connectivity index (χ4v) is 2.98. The third kappa shape index (κ3) is 3.87. The van der Waals surface area contributed by atoms with Crippen molar-refractivity contribution in [2.45, 2.75) is 60.9 Å². The monoisotopic (exact) mass is 400 g/mol. The highest BCUT2D eigenvalue weighted by Crippen LogP contribution is 2.35. The molecule has 0 spiro atoms. The number of aliphatic hydroxyl groups is 9. The van der Waals surface area contributed by atoms with Gasteiger partial charge in [-0.2, -0.15) is 0 Å². The zero-order valence-electron chi connectivity index (χ0n) is 14.0. The fourth-order valence-electron chi connectivity index (χ4n) is 2.98. The summed E-state index contributed by atoms with van der Waals surface area (Å²) in [6, 6.07) is 0. The van der Waals surface area contributed by atoms with Crippen LogP contribution in [0, 0.1) is 0 Å². The lowest BCUT2D eigenvalue weighted by Crippen LogP contribution is -2.72. The number of aliphatic hydroxyl groups excluding tert-OH is 9. The highest BCUT2D eigenvalue weighted by molar-refractivity contribution is 5.88. The Morgan fingerprint density at radius 3 is 1.89 bits per heavy atom. The van der Waals surface area contributed by atoms with Gasteiger partial charge >= 0.3 is 0 Å². The largest absolute Gasteiger partial charge is 0.394 e. The second-order valence-corrected chi connectivity index (χ2v) is 6.33. The maximum absolute atomic E-state index is 12.3. The lowest BCUT2D eigenvalue weighted by atomic mass is 9.89. The van der Waals surface area contributed by atoms with E-state index < -0.39 is 86.5 Å². The highest BCUT2D eigenvalue weighted by atomic mass is 16.8. The maximum Gasteiger partial charge on any atom is 0.263 e. The molecule has 0 aromatic rings. The van der Waals surface area contributed by atoms with Gasteiger partial charge < -0.3 is 60.2 Å². The molecule has 13 heteroatoms. The third-order valence-electron chi connectivity index (χ3n) is 4.62. The van der Waals surface area contributed by atoms with E-state index in [1.807, 2.05) is 0 Å². The molecular formula is C14H24O13. The van der Waals surface area contributed by atoms with Gasteiger partial charge in [0.1, 0.15) is 55.4 Å². The molecule has 0 saturated carbocycles. The molecule has 0 bridgehead atoms. The Morgan fingerprint density at radius 1 is 0.815 bits per heavy atom. The van der Waals surface area contributed by atoms with Crippen molar-refractivity contribution in [1.29, 1.82) is 0 Å². The van der Waals surface area contributed by atoms with Gasteiger partial charge in [0.15, 0.2) is 6.29 Å². The Bertz CT molecular complexity index is 513. The van der Waals surface area contributed by atoms with E-state index in [-0.39, 0.29) is 0 Å². The second kappa shape index (κ2) is 8.69. The van der Waals surface area contributed by atoms with Crippen molar-refractivity contribution in [3.8, 4) is 0 Å². The Hall–Kier alpha value is -0.810. The molecule has 2 rings (SSSR count).